The highest BCUT2D eigenvalue weighted by molar-refractivity contribution is 7.13. The predicted octanol–water partition coefficient (Wildman–Crippen LogP) is 3.84. The number of thiophene rings is 1. The molecular formula is C17H18N4OS. The molecule has 0 saturated carbocycles. The first-order chi connectivity index (χ1) is 11.3. The first-order valence-corrected chi connectivity index (χ1v) is 8.69. The van der Waals surface area contributed by atoms with E-state index < -0.39 is 0 Å². The quantitative estimate of drug-likeness (QED) is 0.729. The molecule has 1 atom stereocenters. The Kier molecular flexibility index (Phi) is 3.93. The molecule has 0 N–H and O–H groups in total. The monoisotopic (exact) mass is 326 g/mol. The van der Waals surface area contributed by atoms with Crippen molar-refractivity contribution in [2.45, 2.75) is 32.4 Å². The summed E-state index contributed by atoms with van der Waals surface area (Å²) in [7, 11) is 0. The van der Waals surface area contributed by atoms with Crippen LogP contribution in [0.4, 0.5) is 0 Å². The Morgan fingerprint density at radius 1 is 1.35 bits per heavy atom. The van der Waals surface area contributed by atoms with E-state index in [-0.39, 0.29) is 0 Å². The highest BCUT2D eigenvalue weighted by Gasteiger charge is 2.29. The van der Waals surface area contributed by atoms with Crippen LogP contribution in [0.5, 0.6) is 0 Å². The van der Waals surface area contributed by atoms with Gasteiger partial charge in [-0.25, -0.2) is 9.97 Å². The van der Waals surface area contributed by atoms with Crippen LogP contribution in [0, 0.1) is 6.92 Å². The van der Waals surface area contributed by atoms with E-state index in [1.165, 1.54) is 6.42 Å². The second-order valence-corrected chi connectivity index (χ2v) is 6.84. The second-order valence-electron chi connectivity index (χ2n) is 5.89. The lowest BCUT2D eigenvalue weighted by atomic mass is 10.1. The van der Waals surface area contributed by atoms with Crippen molar-refractivity contribution in [2.75, 3.05) is 6.54 Å². The van der Waals surface area contributed by atoms with Crippen molar-refractivity contribution in [2.24, 2.45) is 0 Å². The summed E-state index contributed by atoms with van der Waals surface area (Å²) >= 11 is 1.66. The van der Waals surface area contributed by atoms with Gasteiger partial charge in [0.05, 0.1) is 16.6 Å². The summed E-state index contributed by atoms with van der Waals surface area (Å²) in [4.78, 5) is 12.5. The zero-order chi connectivity index (χ0) is 15.6. The maximum atomic E-state index is 5.46. The van der Waals surface area contributed by atoms with Gasteiger partial charge in [-0.3, -0.25) is 4.90 Å². The first kappa shape index (κ1) is 14.5. The maximum Gasteiger partial charge on any atom is 0.169 e. The molecule has 1 fully saturated rings. The SMILES string of the molecule is Cc1cc([C@@H]2CCCN2Cc2cnc(-c3cccs3)nc2)on1. The van der Waals surface area contributed by atoms with Crippen LogP contribution in [0.2, 0.25) is 0 Å². The molecule has 0 spiro atoms. The lowest BCUT2D eigenvalue weighted by Gasteiger charge is -2.21. The van der Waals surface area contributed by atoms with Crippen molar-refractivity contribution in [3.63, 3.8) is 0 Å². The summed E-state index contributed by atoms with van der Waals surface area (Å²) in [6.45, 7) is 3.87. The topological polar surface area (TPSA) is 55.1 Å². The molecule has 5 nitrogen and oxygen atoms in total. The molecule has 118 valence electrons. The molecule has 0 unspecified atom stereocenters. The lowest BCUT2D eigenvalue weighted by Crippen LogP contribution is -2.22. The molecule has 1 aliphatic heterocycles. The van der Waals surface area contributed by atoms with Gasteiger partial charge in [-0.2, -0.15) is 0 Å². The number of aromatic nitrogens is 3. The van der Waals surface area contributed by atoms with E-state index in [1.807, 2.05) is 42.9 Å². The van der Waals surface area contributed by atoms with Gasteiger partial charge in [0.2, 0.25) is 0 Å². The maximum absolute atomic E-state index is 5.46. The summed E-state index contributed by atoms with van der Waals surface area (Å²) in [6.07, 6.45) is 6.16. The minimum atomic E-state index is 0.313. The van der Waals surface area contributed by atoms with E-state index in [0.717, 1.165) is 47.2 Å². The zero-order valence-electron chi connectivity index (χ0n) is 13.0. The molecule has 1 aliphatic rings. The molecule has 4 rings (SSSR count). The van der Waals surface area contributed by atoms with Gasteiger partial charge < -0.3 is 4.52 Å². The largest absolute Gasteiger partial charge is 0.359 e. The van der Waals surface area contributed by atoms with Gasteiger partial charge >= 0.3 is 0 Å². The van der Waals surface area contributed by atoms with Crippen molar-refractivity contribution in [1.82, 2.24) is 20.0 Å². The molecule has 0 aliphatic carbocycles. The van der Waals surface area contributed by atoms with Gasteiger partial charge in [0.15, 0.2) is 11.6 Å². The van der Waals surface area contributed by atoms with E-state index in [1.54, 1.807) is 11.3 Å². The summed E-state index contributed by atoms with van der Waals surface area (Å²) in [5.41, 5.74) is 2.07. The predicted molar refractivity (Wildman–Crippen MR) is 89.0 cm³/mol. The fourth-order valence-electron chi connectivity index (χ4n) is 3.08. The van der Waals surface area contributed by atoms with Crippen molar-refractivity contribution in [1.29, 1.82) is 0 Å². The van der Waals surface area contributed by atoms with Crippen LogP contribution in [0.1, 0.15) is 35.9 Å². The van der Waals surface area contributed by atoms with E-state index in [9.17, 15) is 0 Å². The smallest absolute Gasteiger partial charge is 0.169 e. The van der Waals surface area contributed by atoms with Crippen LogP contribution < -0.4 is 0 Å². The minimum Gasteiger partial charge on any atom is -0.359 e. The second kappa shape index (κ2) is 6.22. The molecule has 6 heteroatoms. The molecular weight excluding hydrogens is 308 g/mol. The van der Waals surface area contributed by atoms with E-state index >= 15 is 0 Å². The highest BCUT2D eigenvalue weighted by Crippen LogP contribution is 2.33. The average Bonchev–Trinajstić information content (AvgIpc) is 3.29. The van der Waals surface area contributed by atoms with Crippen LogP contribution in [0.25, 0.3) is 10.7 Å². The molecule has 23 heavy (non-hydrogen) atoms. The highest BCUT2D eigenvalue weighted by atomic mass is 32.1. The van der Waals surface area contributed by atoms with Crippen LogP contribution >= 0.6 is 11.3 Å². The lowest BCUT2D eigenvalue weighted by molar-refractivity contribution is 0.206. The van der Waals surface area contributed by atoms with Crippen LogP contribution in [-0.2, 0) is 6.54 Å². The Labute approximate surface area is 139 Å². The van der Waals surface area contributed by atoms with Crippen molar-refractivity contribution >= 4 is 11.3 Å². The first-order valence-electron chi connectivity index (χ1n) is 7.81. The van der Waals surface area contributed by atoms with Gasteiger partial charge in [0, 0.05) is 30.6 Å². The van der Waals surface area contributed by atoms with Gasteiger partial charge in [0.1, 0.15) is 0 Å². The average molecular weight is 326 g/mol. The number of nitrogens with zero attached hydrogens (tertiary/aromatic N) is 4. The number of hydrogen-bond acceptors (Lipinski definition) is 6. The Morgan fingerprint density at radius 3 is 2.91 bits per heavy atom. The molecule has 0 bridgehead atoms. The molecule has 0 radical (unpaired) electrons. The Morgan fingerprint density at radius 2 is 2.22 bits per heavy atom. The molecule has 3 aromatic heterocycles. The van der Waals surface area contributed by atoms with Crippen molar-refractivity contribution in [3.8, 4) is 10.7 Å². The third-order valence-electron chi connectivity index (χ3n) is 4.17. The molecule has 4 heterocycles. The third-order valence-corrected chi connectivity index (χ3v) is 5.04. The summed E-state index contributed by atoms with van der Waals surface area (Å²) in [6, 6.07) is 6.42. The van der Waals surface area contributed by atoms with Gasteiger partial charge in [-0.15, -0.1) is 11.3 Å². The van der Waals surface area contributed by atoms with Crippen LogP contribution in [-0.4, -0.2) is 26.6 Å². The van der Waals surface area contributed by atoms with Crippen molar-refractivity contribution < 1.29 is 4.52 Å². The van der Waals surface area contributed by atoms with Gasteiger partial charge in [-0.05, 0) is 37.8 Å². The van der Waals surface area contributed by atoms with Crippen LogP contribution in [0.15, 0.2) is 40.5 Å². The summed E-state index contributed by atoms with van der Waals surface area (Å²) < 4.78 is 5.46. The normalized spacial score (nSPS) is 18.6. The Hall–Kier alpha value is -2.05. The van der Waals surface area contributed by atoms with E-state index in [0.29, 0.717) is 6.04 Å². The molecule has 3 aromatic rings. The molecule has 1 saturated heterocycles. The van der Waals surface area contributed by atoms with E-state index in [2.05, 4.69) is 20.0 Å². The fourth-order valence-corrected chi connectivity index (χ4v) is 3.75. The zero-order valence-corrected chi connectivity index (χ0v) is 13.8. The standard InChI is InChI=1S/C17H18N4OS/c1-12-8-15(22-20-12)14-4-2-6-21(14)11-13-9-18-17(19-10-13)16-5-3-7-23-16/h3,5,7-10,14H,2,4,6,11H2,1H3/t14-/m0/s1. The van der Waals surface area contributed by atoms with Crippen molar-refractivity contribution in [3.05, 3.63) is 53.0 Å². The summed E-state index contributed by atoms with van der Waals surface area (Å²) in [5.74, 6) is 1.77. The minimum absolute atomic E-state index is 0.313. The fraction of sp³-hybridized carbons (Fsp3) is 0.353. The summed E-state index contributed by atoms with van der Waals surface area (Å²) in [5, 5.41) is 6.06. The van der Waals surface area contributed by atoms with E-state index in [4.69, 9.17) is 4.52 Å². The Bertz CT molecular complexity index is 766. The molecule has 0 amide bonds. The van der Waals surface area contributed by atoms with Gasteiger partial charge in [-0.1, -0.05) is 11.2 Å². The Balaban J connectivity index is 1.49. The van der Waals surface area contributed by atoms with Crippen LogP contribution in [0.3, 0.4) is 0 Å². The number of aryl methyl sites for hydroxylation is 1. The van der Waals surface area contributed by atoms with Gasteiger partial charge in [0.25, 0.3) is 0 Å². The molecule has 0 aromatic carbocycles. The number of hydrogen-bond donors (Lipinski definition) is 0. The number of rotatable bonds is 4. The number of likely N-dealkylation sites (tertiary alicyclic amines) is 1. The third kappa shape index (κ3) is 3.04.